The minimum atomic E-state index is -0.756. The highest BCUT2D eigenvalue weighted by atomic mass is 16.6. The van der Waals surface area contributed by atoms with Crippen LogP contribution in [-0.2, 0) is 11.4 Å². The fourth-order valence-corrected chi connectivity index (χ4v) is 3.14. The van der Waals surface area contributed by atoms with E-state index in [0.29, 0.717) is 29.2 Å². The molecule has 34 heavy (non-hydrogen) atoms. The zero-order valence-corrected chi connectivity index (χ0v) is 19.0. The molecule has 8 heteroatoms. The average molecular weight is 457 g/mol. The van der Waals surface area contributed by atoms with Gasteiger partial charge in [0.05, 0.1) is 12.0 Å². The maximum atomic E-state index is 12.6. The molecule has 1 amide bonds. The van der Waals surface area contributed by atoms with Crippen LogP contribution in [0.4, 0.5) is 11.4 Å². The predicted octanol–water partition coefficient (Wildman–Crippen LogP) is 5.34. The standard InChI is InChI=1S/C26H23N3O5/c1-17-4-7-19(8-5-17)16-34-24-11-9-20(14-25(24)33-3)13-21(15-27)26(30)28-22-10-6-18(2)12-23(22)29(31)32/h4-14H,16H2,1-3H3,(H,28,30)/b21-13+. The van der Waals surface area contributed by atoms with Crippen LogP contribution in [-0.4, -0.2) is 17.9 Å². The van der Waals surface area contributed by atoms with Crippen LogP contribution < -0.4 is 14.8 Å². The lowest BCUT2D eigenvalue weighted by atomic mass is 10.1. The SMILES string of the molecule is COc1cc(/C=C(\C#N)C(=O)Nc2ccc(C)cc2[N+](=O)[O-])ccc1OCc1ccc(C)cc1. The summed E-state index contributed by atoms with van der Waals surface area (Å²) in [7, 11) is 1.50. The van der Waals surface area contributed by atoms with Crippen LogP contribution in [0.2, 0.25) is 0 Å². The molecule has 0 saturated heterocycles. The highest BCUT2D eigenvalue weighted by molar-refractivity contribution is 6.10. The zero-order chi connectivity index (χ0) is 24.7. The summed E-state index contributed by atoms with van der Waals surface area (Å²) in [5.74, 6) is 0.194. The average Bonchev–Trinajstić information content (AvgIpc) is 2.83. The summed E-state index contributed by atoms with van der Waals surface area (Å²) in [4.78, 5) is 23.3. The number of aryl methyl sites for hydroxylation is 2. The van der Waals surface area contributed by atoms with E-state index in [1.54, 1.807) is 31.2 Å². The third-order valence-corrected chi connectivity index (χ3v) is 4.98. The smallest absolute Gasteiger partial charge is 0.293 e. The van der Waals surface area contributed by atoms with Crippen LogP contribution in [0, 0.1) is 35.3 Å². The molecular formula is C26H23N3O5. The van der Waals surface area contributed by atoms with Gasteiger partial charge in [-0.05, 0) is 54.8 Å². The van der Waals surface area contributed by atoms with Crippen molar-refractivity contribution >= 4 is 23.4 Å². The van der Waals surface area contributed by atoms with Crippen molar-refractivity contribution in [2.45, 2.75) is 20.5 Å². The molecule has 0 fully saturated rings. The van der Waals surface area contributed by atoms with Crippen molar-refractivity contribution in [3.05, 3.63) is 98.6 Å². The molecule has 0 aliphatic heterocycles. The summed E-state index contributed by atoms with van der Waals surface area (Å²) < 4.78 is 11.3. The van der Waals surface area contributed by atoms with Crippen LogP contribution in [0.5, 0.6) is 11.5 Å². The van der Waals surface area contributed by atoms with E-state index in [1.165, 1.54) is 25.3 Å². The molecule has 0 atom stereocenters. The number of hydrogen-bond acceptors (Lipinski definition) is 6. The first kappa shape index (κ1) is 24.0. The summed E-state index contributed by atoms with van der Waals surface area (Å²) in [6.07, 6.45) is 1.38. The molecule has 0 saturated carbocycles. The third kappa shape index (κ3) is 5.99. The Morgan fingerprint density at radius 2 is 1.76 bits per heavy atom. The molecule has 0 heterocycles. The highest BCUT2D eigenvalue weighted by Gasteiger charge is 2.18. The van der Waals surface area contributed by atoms with Crippen molar-refractivity contribution in [2.24, 2.45) is 0 Å². The topological polar surface area (TPSA) is 114 Å². The number of methoxy groups -OCH3 is 1. The minimum absolute atomic E-state index is 0.0131. The van der Waals surface area contributed by atoms with E-state index >= 15 is 0 Å². The monoisotopic (exact) mass is 457 g/mol. The lowest BCUT2D eigenvalue weighted by molar-refractivity contribution is -0.384. The summed E-state index contributed by atoms with van der Waals surface area (Å²) in [5.41, 5.74) is 2.92. The van der Waals surface area contributed by atoms with Gasteiger partial charge < -0.3 is 14.8 Å². The highest BCUT2D eigenvalue weighted by Crippen LogP contribution is 2.30. The Hall–Kier alpha value is -4.64. The summed E-state index contributed by atoms with van der Waals surface area (Å²) in [6.45, 7) is 4.07. The van der Waals surface area contributed by atoms with E-state index in [2.05, 4.69) is 5.32 Å². The number of amides is 1. The normalized spacial score (nSPS) is 10.8. The van der Waals surface area contributed by atoms with Crippen LogP contribution in [0.1, 0.15) is 22.3 Å². The maximum absolute atomic E-state index is 12.6. The molecule has 0 unspecified atom stereocenters. The first-order chi connectivity index (χ1) is 16.3. The first-order valence-electron chi connectivity index (χ1n) is 10.3. The number of nitro groups is 1. The van der Waals surface area contributed by atoms with Gasteiger partial charge >= 0.3 is 0 Å². The van der Waals surface area contributed by atoms with E-state index in [4.69, 9.17) is 9.47 Å². The Morgan fingerprint density at radius 3 is 2.41 bits per heavy atom. The number of carbonyl (C=O) groups is 1. The van der Waals surface area contributed by atoms with Crippen molar-refractivity contribution in [1.29, 1.82) is 5.26 Å². The zero-order valence-electron chi connectivity index (χ0n) is 19.0. The number of benzene rings is 3. The number of hydrogen-bond donors (Lipinski definition) is 1. The molecule has 0 aromatic heterocycles. The molecule has 0 aliphatic carbocycles. The summed E-state index contributed by atoms with van der Waals surface area (Å²) in [6, 6.07) is 19.3. The number of anilines is 1. The summed E-state index contributed by atoms with van der Waals surface area (Å²) >= 11 is 0. The van der Waals surface area contributed by atoms with Gasteiger partial charge in [0.1, 0.15) is 23.9 Å². The Kier molecular flexibility index (Phi) is 7.62. The molecule has 0 radical (unpaired) electrons. The van der Waals surface area contributed by atoms with Crippen LogP contribution >= 0.6 is 0 Å². The molecule has 8 nitrogen and oxygen atoms in total. The van der Waals surface area contributed by atoms with Crippen molar-refractivity contribution in [1.82, 2.24) is 0 Å². The number of ether oxygens (including phenoxy) is 2. The van der Waals surface area contributed by atoms with Gasteiger partial charge in [-0.3, -0.25) is 14.9 Å². The Morgan fingerprint density at radius 1 is 1.06 bits per heavy atom. The van der Waals surface area contributed by atoms with Gasteiger partial charge in [-0.1, -0.05) is 42.0 Å². The number of nitriles is 1. The van der Waals surface area contributed by atoms with Gasteiger partial charge in [0.25, 0.3) is 11.6 Å². The lowest BCUT2D eigenvalue weighted by Gasteiger charge is -2.12. The van der Waals surface area contributed by atoms with Crippen molar-refractivity contribution in [2.75, 3.05) is 12.4 Å². The second kappa shape index (κ2) is 10.8. The molecule has 3 aromatic carbocycles. The fourth-order valence-electron chi connectivity index (χ4n) is 3.14. The van der Waals surface area contributed by atoms with Crippen molar-refractivity contribution in [3.8, 4) is 17.6 Å². The van der Waals surface area contributed by atoms with Crippen molar-refractivity contribution in [3.63, 3.8) is 0 Å². The Balaban J connectivity index is 1.79. The van der Waals surface area contributed by atoms with Gasteiger partial charge in [-0.25, -0.2) is 0 Å². The van der Waals surface area contributed by atoms with Gasteiger partial charge in [-0.2, -0.15) is 5.26 Å². The van der Waals surface area contributed by atoms with E-state index in [1.807, 2.05) is 37.3 Å². The molecule has 0 bridgehead atoms. The van der Waals surface area contributed by atoms with Crippen LogP contribution in [0.3, 0.4) is 0 Å². The van der Waals surface area contributed by atoms with Crippen molar-refractivity contribution < 1.29 is 19.2 Å². The number of carbonyl (C=O) groups excluding carboxylic acids is 1. The fraction of sp³-hybridized carbons (Fsp3) is 0.154. The Labute approximate surface area is 197 Å². The van der Waals surface area contributed by atoms with Gasteiger partial charge in [0, 0.05) is 6.07 Å². The molecule has 1 N–H and O–H groups in total. The molecular weight excluding hydrogens is 434 g/mol. The van der Waals surface area contributed by atoms with E-state index < -0.39 is 10.8 Å². The molecule has 0 spiro atoms. The van der Waals surface area contributed by atoms with E-state index in [-0.39, 0.29) is 16.9 Å². The minimum Gasteiger partial charge on any atom is -0.493 e. The van der Waals surface area contributed by atoms with Gasteiger partial charge in [0.2, 0.25) is 0 Å². The number of rotatable bonds is 8. The molecule has 0 aliphatic rings. The summed E-state index contributed by atoms with van der Waals surface area (Å²) in [5, 5.41) is 23.2. The van der Waals surface area contributed by atoms with E-state index in [9.17, 15) is 20.2 Å². The third-order valence-electron chi connectivity index (χ3n) is 4.98. The van der Waals surface area contributed by atoms with E-state index in [0.717, 1.165) is 11.1 Å². The van der Waals surface area contributed by atoms with Crippen LogP contribution in [0.25, 0.3) is 6.08 Å². The molecule has 172 valence electrons. The quantitative estimate of drug-likeness (QED) is 0.211. The number of nitrogens with zero attached hydrogens (tertiary/aromatic N) is 2. The van der Waals surface area contributed by atoms with Crippen LogP contribution in [0.15, 0.2) is 66.2 Å². The predicted molar refractivity (Wildman–Crippen MR) is 129 cm³/mol. The number of nitro benzene ring substituents is 1. The van der Waals surface area contributed by atoms with Gasteiger partial charge in [0.15, 0.2) is 11.5 Å². The second-order valence-corrected chi connectivity index (χ2v) is 7.59. The lowest BCUT2D eigenvalue weighted by Crippen LogP contribution is -2.14. The first-order valence-corrected chi connectivity index (χ1v) is 10.3. The Bertz CT molecular complexity index is 1290. The second-order valence-electron chi connectivity index (χ2n) is 7.59. The maximum Gasteiger partial charge on any atom is 0.293 e. The molecule has 3 rings (SSSR count). The largest absolute Gasteiger partial charge is 0.493 e. The van der Waals surface area contributed by atoms with Gasteiger partial charge in [-0.15, -0.1) is 0 Å². The molecule has 3 aromatic rings. The number of nitrogens with one attached hydrogen (secondary N) is 1.